The Morgan fingerprint density at radius 2 is 2.20 bits per heavy atom. The lowest BCUT2D eigenvalue weighted by atomic mass is 9.90. The topological polar surface area (TPSA) is 70.4 Å². The molecule has 1 saturated carbocycles. The van der Waals surface area contributed by atoms with Gasteiger partial charge in [-0.1, -0.05) is 6.07 Å². The van der Waals surface area contributed by atoms with Crippen molar-refractivity contribution in [1.82, 2.24) is 4.98 Å². The predicted octanol–water partition coefficient (Wildman–Crippen LogP) is 0.867. The maximum atomic E-state index is 10.8. The minimum absolute atomic E-state index is 0.592. The van der Waals surface area contributed by atoms with Gasteiger partial charge in [0.25, 0.3) is 0 Å². The van der Waals surface area contributed by atoms with E-state index in [2.05, 4.69) is 4.98 Å². The van der Waals surface area contributed by atoms with Gasteiger partial charge in [-0.25, -0.2) is 4.79 Å². The molecule has 1 aliphatic carbocycles. The standard InChI is InChI=1S/C11H13NO3/c1-7-4-8(6-12-5-7)11(2-3-11)9(13)10(14)15/h4-6,9,13H,2-3H2,1H3,(H,14,15). The van der Waals surface area contributed by atoms with Crippen molar-refractivity contribution in [2.75, 3.05) is 0 Å². The molecule has 1 heterocycles. The zero-order valence-electron chi connectivity index (χ0n) is 8.47. The quantitative estimate of drug-likeness (QED) is 0.771. The van der Waals surface area contributed by atoms with Crippen LogP contribution in [0.4, 0.5) is 0 Å². The summed E-state index contributed by atoms with van der Waals surface area (Å²) in [6, 6.07) is 1.90. The van der Waals surface area contributed by atoms with E-state index < -0.39 is 17.5 Å². The highest BCUT2D eigenvalue weighted by atomic mass is 16.4. The molecule has 15 heavy (non-hydrogen) atoms. The molecule has 0 saturated heterocycles. The second-order valence-corrected chi connectivity index (χ2v) is 4.15. The Labute approximate surface area is 87.6 Å². The van der Waals surface area contributed by atoms with E-state index in [4.69, 9.17) is 5.11 Å². The third-order valence-electron chi connectivity index (χ3n) is 3.00. The number of aliphatic hydroxyl groups excluding tert-OH is 1. The number of aliphatic carboxylic acids is 1. The van der Waals surface area contributed by atoms with Crippen LogP contribution in [-0.4, -0.2) is 27.3 Å². The summed E-state index contributed by atoms with van der Waals surface area (Å²) in [6.45, 7) is 1.90. The van der Waals surface area contributed by atoms with Crippen molar-refractivity contribution >= 4 is 5.97 Å². The molecule has 80 valence electrons. The number of nitrogens with zero attached hydrogens (tertiary/aromatic N) is 1. The Balaban J connectivity index is 2.34. The Bertz CT molecular complexity index is 399. The summed E-state index contributed by atoms with van der Waals surface area (Å²) in [5.41, 5.74) is 1.22. The minimum Gasteiger partial charge on any atom is -0.479 e. The Morgan fingerprint density at radius 3 is 2.67 bits per heavy atom. The van der Waals surface area contributed by atoms with Crippen LogP contribution in [0.2, 0.25) is 0 Å². The van der Waals surface area contributed by atoms with Crippen molar-refractivity contribution < 1.29 is 15.0 Å². The van der Waals surface area contributed by atoms with Crippen molar-refractivity contribution in [2.45, 2.75) is 31.3 Å². The lowest BCUT2D eigenvalue weighted by Crippen LogP contribution is -2.33. The summed E-state index contributed by atoms with van der Waals surface area (Å²) >= 11 is 0. The van der Waals surface area contributed by atoms with Crippen LogP contribution in [0, 0.1) is 6.92 Å². The molecule has 0 aliphatic heterocycles. The molecule has 4 nitrogen and oxygen atoms in total. The first-order valence-electron chi connectivity index (χ1n) is 4.89. The zero-order valence-corrected chi connectivity index (χ0v) is 8.47. The van der Waals surface area contributed by atoms with Crippen LogP contribution in [0.15, 0.2) is 18.5 Å². The van der Waals surface area contributed by atoms with Crippen molar-refractivity contribution in [3.8, 4) is 0 Å². The van der Waals surface area contributed by atoms with E-state index in [1.54, 1.807) is 12.4 Å². The fraction of sp³-hybridized carbons (Fsp3) is 0.455. The number of aliphatic hydroxyl groups is 1. The third-order valence-corrected chi connectivity index (χ3v) is 3.00. The number of carboxylic acids is 1. The molecule has 0 spiro atoms. The summed E-state index contributed by atoms with van der Waals surface area (Å²) in [4.78, 5) is 14.8. The van der Waals surface area contributed by atoms with Crippen molar-refractivity contribution in [3.63, 3.8) is 0 Å². The lowest BCUT2D eigenvalue weighted by molar-refractivity contribution is -0.148. The molecule has 2 rings (SSSR count). The predicted molar refractivity (Wildman–Crippen MR) is 53.5 cm³/mol. The van der Waals surface area contributed by atoms with Crippen LogP contribution in [0.1, 0.15) is 24.0 Å². The second-order valence-electron chi connectivity index (χ2n) is 4.15. The number of carboxylic acid groups (broad SMARTS) is 1. The average molecular weight is 207 g/mol. The van der Waals surface area contributed by atoms with Gasteiger partial charge in [-0.15, -0.1) is 0 Å². The number of aryl methyl sites for hydroxylation is 1. The summed E-state index contributed by atoms with van der Waals surface area (Å²) in [5, 5.41) is 18.5. The Kier molecular flexibility index (Phi) is 2.23. The molecule has 1 aromatic rings. The van der Waals surface area contributed by atoms with E-state index in [1.807, 2.05) is 13.0 Å². The van der Waals surface area contributed by atoms with E-state index >= 15 is 0 Å². The molecular weight excluding hydrogens is 194 g/mol. The zero-order chi connectivity index (χ0) is 11.1. The minimum atomic E-state index is -1.32. The fourth-order valence-corrected chi connectivity index (χ4v) is 1.92. The monoisotopic (exact) mass is 207 g/mol. The van der Waals surface area contributed by atoms with Crippen LogP contribution in [0.25, 0.3) is 0 Å². The number of aromatic nitrogens is 1. The highest BCUT2D eigenvalue weighted by Crippen LogP contribution is 2.50. The van der Waals surface area contributed by atoms with Gasteiger partial charge in [-0.05, 0) is 30.9 Å². The van der Waals surface area contributed by atoms with E-state index in [-0.39, 0.29) is 0 Å². The second kappa shape index (κ2) is 3.31. The van der Waals surface area contributed by atoms with Crippen molar-refractivity contribution in [1.29, 1.82) is 0 Å². The van der Waals surface area contributed by atoms with Gasteiger partial charge in [0.15, 0.2) is 6.10 Å². The van der Waals surface area contributed by atoms with Gasteiger partial charge >= 0.3 is 5.97 Å². The van der Waals surface area contributed by atoms with Crippen molar-refractivity contribution in [3.05, 3.63) is 29.6 Å². The molecule has 1 aliphatic rings. The number of hydrogen-bond acceptors (Lipinski definition) is 3. The molecule has 2 N–H and O–H groups in total. The largest absolute Gasteiger partial charge is 0.479 e. The van der Waals surface area contributed by atoms with Gasteiger partial charge in [0.1, 0.15) is 0 Å². The number of hydrogen-bond donors (Lipinski definition) is 2. The van der Waals surface area contributed by atoms with Crippen molar-refractivity contribution in [2.24, 2.45) is 0 Å². The van der Waals surface area contributed by atoms with Gasteiger partial charge in [0.05, 0.1) is 0 Å². The molecule has 0 bridgehead atoms. The molecule has 1 aromatic heterocycles. The molecule has 1 atom stereocenters. The molecule has 4 heteroatoms. The van der Waals surface area contributed by atoms with E-state index in [1.165, 1.54) is 0 Å². The van der Waals surface area contributed by atoms with Crippen LogP contribution >= 0.6 is 0 Å². The summed E-state index contributed by atoms with van der Waals surface area (Å²) in [5.74, 6) is -1.16. The maximum absolute atomic E-state index is 10.8. The van der Waals surface area contributed by atoms with E-state index in [9.17, 15) is 9.90 Å². The van der Waals surface area contributed by atoms with Crippen LogP contribution in [-0.2, 0) is 10.2 Å². The third kappa shape index (κ3) is 1.61. The average Bonchev–Trinajstić information content (AvgIpc) is 2.97. The molecule has 0 amide bonds. The highest BCUT2D eigenvalue weighted by molar-refractivity contribution is 5.75. The molecule has 1 fully saturated rings. The first kappa shape index (κ1) is 10.1. The van der Waals surface area contributed by atoms with Crippen LogP contribution < -0.4 is 0 Å². The Hall–Kier alpha value is -1.42. The lowest BCUT2D eigenvalue weighted by Gasteiger charge is -2.18. The van der Waals surface area contributed by atoms with Crippen LogP contribution in [0.5, 0.6) is 0 Å². The number of rotatable bonds is 3. The van der Waals surface area contributed by atoms with Gasteiger partial charge in [0.2, 0.25) is 0 Å². The Morgan fingerprint density at radius 1 is 1.53 bits per heavy atom. The van der Waals surface area contributed by atoms with Gasteiger partial charge in [0, 0.05) is 17.8 Å². The molecule has 0 radical (unpaired) electrons. The van der Waals surface area contributed by atoms with Gasteiger partial charge in [-0.3, -0.25) is 4.98 Å². The fourth-order valence-electron chi connectivity index (χ4n) is 1.92. The van der Waals surface area contributed by atoms with E-state index in [0.717, 1.165) is 11.1 Å². The van der Waals surface area contributed by atoms with E-state index in [0.29, 0.717) is 12.8 Å². The summed E-state index contributed by atoms with van der Waals surface area (Å²) in [6.07, 6.45) is 3.47. The number of carbonyl (C=O) groups is 1. The molecular formula is C11H13NO3. The SMILES string of the molecule is Cc1cncc(C2(C(O)C(=O)O)CC2)c1. The first-order chi connectivity index (χ1) is 7.06. The van der Waals surface area contributed by atoms with Gasteiger partial charge < -0.3 is 10.2 Å². The van der Waals surface area contributed by atoms with Gasteiger partial charge in [-0.2, -0.15) is 0 Å². The highest BCUT2D eigenvalue weighted by Gasteiger charge is 2.53. The number of pyridine rings is 1. The summed E-state index contributed by atoms with van der Waals surface area (Å²) < 4.78 is 0. The maximum Gasteiger partial charge on any atom is 0.333 e. The van der Waals surface area contributed by atoms with Crippen LogP contribution in [0.3, 0.4) is 0 Å². The molecule has 1 unspecified atom stereocenters. The smallest absolute Gasteiger partial charge is 0.333 e. The normalized spacial score (nSPS) is 19.6. The molecule has 0 aromatic carbocycles. The summed E-state index contributed by atoms with van der Waals surface area (Å²) in [7, 11) is 0. The first-order valence-corrected chi connectivity index (χ1v) is 4.89.